The van der Waals surface area contributed by atoms with Crippen LogP contribution in [0.4, 0.5) is 21.2 Å². The van der Waals surface area contributed by atoms with E-state index in [0.717, 1.165) is 30.5 Å². The summed E-state index contributed by atoms with van der Waals surface area (Å²) in [6.07, 6.45) is 1.54. The summed E-state index contributed by atoms with van der Waals surface area (Å²) in [4.78, 5) is 44.9. The van der Waals surface area contributed by atoms with E-state index in [1.54, 1.807) is 27.8 Å². The molecule has 3 aliphatic rings. The van der Waals surface area contributed by atoms with Gasteiger partial charge in [0.2, 0.25) is 20.7 Å². The first-order chi connectivity index (χ1) is 21.6. The SMILES string of the molecule is C[C@@H]1[C@@H]([Si](C)(C)F)[C@H](CC(=O)N2CCC[C@H]2CO)O[C@@]12C(=O)N(Cc1ccc(N(C=O)c3ccccc3)cc1)c1ccccc12. The number of para-hydroxylation sites is 2. The minimum Gasteiger partial charge on any atom is -0.394 e. The van der Waals surface area contributed by atoms with Crippen molar-refractivity contribution in [3.63, 3.8) is 0 Å². The average molecular weight is 630 g/mol. The maximum atomic E-state index is 16.1. The molecule has 0 saturated carbocycles. The van der Waals surface area contributed by atoms with Crippen molar-refractivity contribution in [1.82, 2.24) is 4.90 Å². The standard InChI is InChI=1S/C35H40FN3O5Si/c1-24-33(45(2,3)36)31(20-32(42)37-19-9-12-28(37)22-40)44-35(24)29-13-7-8-14-30(29)38(34(35)43)21-25-15-17-27(18-16-25)39(23-41)26-10-5-4-6-11-26/h4-8,10-11,13-18,23-24,28,31,33,40H,9,12,19-22H2,1-3H3/t24-,28+,31+,33-,35+/m1/s1. The second kappa shape index (κ2) is 12.1. The largest absolute Gasteiger partial charge is 0.394 e. The number of aliphatic hydroxyl groups is 1. The first-order valence-electron chi connectivity index (χ1n) is 15.7. The van der Waals surface area contributed by atoms with Crippen LogP contribution in [0.2, 0.25) is 18.6 Å². The zero-order valence-electron chi connectivity index (χ0n) is 25.9. The van der Waals surface area contributed by atoms with Crippen molar-refractivity contribution in [2.75, 3.05) is 23.0 Å². The first-order valence-corrected chi connectivity index (χ1v) is 18.6. The lowest BCUT2D eigenvalue weighted by Gasteiger charge is -2.31. The molecule has 5 atom stereocenters. The number of fused-ring (bicyclic) bond motifs is 2. The van der Waals surface area contributed by atoms with E-state index in [2.05, 4.69) is 0 Å². The van der Waals surface area contributed by atoms with Gasteiger partial charge in [0.1, 0.15) is 0 Å². The van der Waals surface area contributed by atoms with Gasteiger partial charge in [0, 0.05) is 34.9 Å². The molecule has 10 heteroatoms. The number of hydrogen-bond acceptors (Lipinski definition) is 5. The Balaban J connectivity index is 1.29. The van der Waals surface area contributed by atoms with E-state index in [-0.39, 0.29) is 37.4 Å². The quantitative estimate of drug-likeness (QED) is 0.187. The fourth-order valence-electron chi connectivity index (χ4n) is 7.81. The summed E-state index contributed by atoms with van der Waals surface area (Å²) in [6, 6.07) is 24.1. The number of amides is 3. The topological polar surface area (TPSA) is 90.4 Å². The Morgan fingerprint density at radius 1 is 1.07 bits per heavy atom. The third kappa shape index (κ3) is 5.38. The van der Waals surface area contributed by atoms with Gasteiger partial charge < -0.3 is 23.8 Å². The fourth-order valence-corrected chi connectivity index (χ4v) is 10.3. The summed E-state index contributed by atoms with van der Waals surface area (Å²) in [5, 5.41) is 9.79. The Morgan fingerprint density at radius 2 is 1.73 bits per heavy atom. The van der Waals surface area contributed by atoms with Crippen LogP contribution in [-0.4, -0.2) is 61.9 Å². The Hall–Kier alpha value is -3.86. The van der Waals surface area contributed by atoms with Crippen molar-refractivity contribution in [3.05, 3.63) is 90.0 Å². The Labute approximate surface area is 264 Å². The molecule has 3 amide bonds. The van der Waals surface area contributed by atoms with Crippen LogP contribution in [0.15, 0.2) is 78.9 Å². The summed E-state index contributed by atoms with van der Waals surface area (Å²) in [6.45, 7) is 5.86. The zero-order valence-corrected chi connectivity index (χ0v) is 26.9. The molecule has 8 nitrogen and oxygen atoms in total. The predicted molar refractivity (Wildman–Crippen MR) is 173 cm³/mol. The molecule has 2 fully saturated rings. The van der Waals surface area contributed by atoms with Crippen LogP contribution in [0.1, 0.15) is 37.3 Å². The molecule has 1 N–H and O–H groups in total. The Bertz CT molecular complexity index is 1570. The highest BCUT2D eigenvalue weighted by molar-refractivity contribution is 6.72. The highest BCUT2D eigenvalue weighted by Gasteiger charge is 2.67. The van der Waals surface area contributed by atoms with Gasteiger partial charge in [0.15, 0.2) is 5.60 Å². The molecule has 0 unspecified atom stereocenters. The summed E-state index contributed by atoms with van der Waals surface area (Å²) in [7, 11) is -3.42. The lowest BCUT2D eigenvalue weighted by molar-refractivity contribution is -0.150. The zero-order chi connectivity index (χ0) is 31.9. The minimum atomic E-state index is -3.42. The van der Waals surface area contributed by atoms with E-state index in [1.807, 2.05) is 85.8 Å². The van der Waals surface area contributed by atoms with Gasteiger partial charge in [0.25, 0.3) is 5.91 Å². The molecule has 0 bridgehead atoms. The Kier molecular flexibility index (Phi) is 8.40. The van der Waals surface area contributed by atoms with E-state index in [9.17, 15) is 19.5 Å². The van der Waals surface area contributed by atoms with Crippen molar-refractivity contribution in [2.45, 2.75) is 69.1 Å². The van der Waals surface area contributed by atoms with Crippen LogP contribution in [0.3, 0.4) is 0 Å². The van der Waals surface area contributed by atoms with Crippen LogP contribution in [0, 0.1) is 5.92 Å². The fraction of sp³-hybridized carbons (Fsp3) is 0.400. The van der Waals surface area contributed by atoms with Crippen molar-refractivity contribution < 1.29 is 28.3 Å². The number of likely N-dealkylation sites (tertiary alicyclic amines) is 1. The number of benzene rings is 3. The molecule has 2 saturated heterocycles. The summed E-state index contributed by atoms with van der Waals surface area (Å²) < 4.78 is 22.9. The van der Waals surface area contributed by atoms with Gasteiger partial charge in [-0.15, -0.1) is 0 Å². The molecule has 3 aromatic rings. The predicted octanol–water partition coefficient (Wildman–Crippen LogP) is 5.68. The molecule has 0 radical (unpaired) electrons. The number of carbonyl (C=O) groups is 3. The van der Waals surface area contributed by atoms with Crippen LogP contribution in [0.5, 0.6) is 0 Å². The maximum absolute atomic E-state index is 16.1. The van der Waals surface area contributed by atoms with E-state index < -0.39 is 31.6 Å². The minimum absolute atomic E-state index is 0.0286. The summed E-state index contributed by atoms with van der Waals surface area (Å²) in [5.74, 6) is -0.923. The van der Waals surface area contributed by atoms with Crippen LogP contribution < -0.4 is 9.80 Å². The second-order valence-corrected chi connectivity index (χ2v) is 16.7. The average Bonchev–Trinajstić information content (AvgIpc) is 3.69. The normalized spacial score (nSPS) is 26.0. The highest BCUT2D eigenvalue weighted by atomic mass is 28.4. The molecule has 6 rings (SSSR count). The van der Waals surface area contributed by atoms with Crippen LogP contribution in [0.25, 0.3) is 0 Å². The van der Waals surface area contributed by atoms with Crippen molar-refractivity contribution in [3.8, 4) is 0 Å². The van der Waals surface area contributed by atoms with Crippen LogP contribution in [-0.2, 0) is 31.3 Å². The number of rotatable bonds is 9. The number of hydrogen-bond donors (Lipinski definition) is 1. The van der Waals surface area contributed by atoms with E-state index in [4.69, 9.17) is 4.74 Å². The van der Waals surface area contributed by atoms with E-state index >= 15 is 4.11 Å². The third-order valence-electron chi connectivity index (χ3n) is 9.85. The van der Waals surface area contributed by atoms with Gasteiger partial charge in [-0.1, -0.05) is 55.5 Å². The van der Waals surface area contributed by atoms with Crippen LogP contribution >= 0.6 is 0 Å². The molecule has 3 aliphatic heterocycles. The molecule has 236 valence electrons. The molecule has 0 aromatic heterocycles. The number of halogens is 1. The number of ether oxygens (including phenoxy) is 1. The molecule has 1 spiro atoms. The molecule has 3 aromatic carbocycles. The second-order valence-electron chi connectivity index (χ2n) is 12.9. The monoisotopic (exact) mass is 629 g/mol. The number of aliphatic hydroxyl groups excluding tert-OH is 1. The number of carbonyl (C=O) groups excluding carboxylic acids is 3. The van der Waals surface area contributed by atoms with Gasteiger partial charge in [-0.25, -0.2) is 0 Å². The number of anilines is 3. The summed E-state index contributed by atoms with van der Waals surface area (Å²) in [5.41, 5.74) is 1.72. The van der Waals surface area contributed by atoms with Crippen molar-refractivity contribution in [1.29, 1.82) is 0 Å². The van der Waals surface area contributed by atoms with Gasteiger partial charge in [-0.05, 0) is 61.8 Å². The summed E-state index contributed by atoms with van der Waals surface area (Å²) >= 11 is 0. The Morgan fingerprint density at radius 3 is 2.40 bits per heavy atom. The van der Waals surface area contributed by atoms with Crippen molar-refractivity contribution >= 4 is 43.7 Å². The first kappa shape index (κ1) is 31.1. The lowest BCUT2D eigenvalue weighted by Crippen LogP contribution is -2.45. The maximum Gasteiger partial charge on any atom is 0.264 e. The van der Waals surface area contributed by atoms with E-state index in [1.165, 1.54) is 0 Å². The van der Waals surface area contributed by atoms with Gasteiger partial charge in [-0.2, -0.15) is 0 Å². The lowest BCUT2D eigenvalue weighted by atomic mass is 9.82. The molecule has 0 aliphatic carbocycles. The van der Waals surface area contributed by atoms with E-state index in [0.29, 0.717) is 23.5 Å². The van der Waals surface area contributed by atoms with Gasteiger partial charge in [0.05, 0.1) is 37.4 Å². The molecular weight excluding hydrogens is 589 g/mol. The molecular formula is C35H40FN3O5Si. The van der Waals surface area contributed by atoms with Gasteiger partial charge >= 0.3 is 0 Å². The van der Waals surface area contributed by atoms with Gasteiger partial charge in [-0.3, -0.25) is 19.3 Å². The molecule has 3 heterocycles. The molecule has 45 heavy (non-hydrogen) atoms. The smallest absolute Gasteiger partial charge is 0.264 e. The van der Waals surface area contributed by atoms with Crippen molar-refractivity contribution in [2.24, 2.45) is 5.92 Å². The third-order valence-corrected chi connectivity index (χ3v) is 12.3. The highest BCUT2D eigenvalue weighted by Crippen LogP contribution is 2.60. The number of nitrogens with zero attached hydrogens (tertiary/aromatic N) is 3.